The third-order valence-electron chi connectivity index (χ3n) is 7.76. The summed E-state index contributed by atoms with van der Waals surface area (Å²) in [4.78, 5) is 50.2. The van der Waals surface area contributed by atoms with Gasteiger partial charge in [-0.1, -0.05) is 11.6 Å². The summed E-state index contributed by atoms with van der Waals surface area (Å²) < 4.78 is 29.9. The largest absolute Gasteiger partial charge is 0.494 e. The Labute approximate surface area is 286 Å². The van der Waals surface area contributed by atoms with E-state index >= 15 is 0 Å². The number of rotatable bonds is 10. The van der Waals surface area contributed by atoms with E-state index in [1.165, 1.54) is 33.2 Å². The molecule has 1 amide bonds. The summed E-state index contributed by atoms with van der Waals surface area (Å²) in [5.41, 5.74) is 0.499. The van der Waals surface area contributed by atoms with Crippen LogP contribution >= 0.6 is 11.6 Å². The highest BCUT2D eigenvalue weighted by Crippen LogP contribution is 2.40. The highest BCUT2D eigenvalue weighted by molar-refractivity contribution is 6.31. The third kappa shape index (κ3) is 8.43. The Hall–Kier alpha value is -5.25. The maximum absolute atomic E-state index is 14.3. The van der Waals surface area contributed by atoms with E-state index in [2.05, 4.69) is 35.7 Å². The van der Waals surface area contributed by atoms with Gasteiger partial charge >= 0.3 is 11.9 Å². The zero-order valence-electron chi connectivity index (χ0n) is 27.3. The first-order chi connectivity index (χ1) is 23.2. The van der Waals surface area contributed by atoms with Crippen LogP contribution in [0.4, 0.5) is 38.9 Å². The minimum Gasteiger partial charge on any atom is -0.494 e. The summed E-state index contributed by atoms with van der Waals surface area (Å²) in [6.07, 6.45) is 4.86. The number of anilines is 6. The molecule has 3 heterocycles. The van der Waals surface area contributed by atoms with E-state index in [1.807, 2.05) is 14.1 Å². The molecule has 5 rings (SSSR count). The zero-order chi connectivity index (χ0) is 35.5. The second-order valence-electron chi connectivity index (χ2n) is 11.9. The number of carbonyl (C=O) groups is 3. The highest BCUT2D eigenvalue weighted by atomic mass is 35.5. The van der Waals surface area contributed by atoms with Crippen LogP contribution in [-0.4, -0.2) is 78.2 Å². The molecule has 0 radical (unpaired) electrons. The molecule has 1 fully saturated rings. The van der Waals surface area contributed by atoms with Crippen molar-refractivity contribution in [3.05, 3.63) is 77.1 Å². The number of esters is 2. The molecule has 2 aliphatic heterocycles. The van der Waals surface area contributed by atoms with Gasteiger partial charge in [-0.2, -0.15) is 4.98 Å². The van der Waals surface area contributed by atoms with Gasteiger partial charge in [0.05, 0.1) is 34.8 Å². The van der Waals surface area contributed by atoms with E-state index in [-0.39, 0.29) is 22.6 Å². The summed E-state index contributed by atoms with van der Waals surface area (Å²) in [5, 5.41) is 19.4. The molecule has 3 aromatic rings. The second kappa shape index (κ2) is 14.5. The number of halogens is 2. The van der Waals surface area contributed by atoms with E-state index in [4.69, 9.17) is 25.8 Å². The van der Waals surface area contributed by atoms with Gasteiger partial charge in [-0.15, -0.1) is 0 Å². The van der Waals surface area contributed by atoms with Gasteiger partial charge in [-0.25, -0.2) is 19.0 Å². The molecular formula is C33H35ClFN7O7. The van der Waals surface area contributed by atoms with Crippen molar-refractivity contribution >= 4 is 64.0 Å². The lowest BCUT2D eigenvalue weighted by molar-refractivity contribution is -0.140. The molecule has 1 saturated heterocycles. The van der Waals surface area contributed by atoms with Gasteiger partial charge in [-0.05, 0) is 58.6 Å². The number of carbonyl (C=O) groups excluding carboxylic acids is 3. The summed E-state index contributed by atoms with van der Waals surface area (Å²) in [6, 6.07) is 7.70. The smallest absolute Gasteiger partial charge is 0.336 e. The predicted octanol–water partition coefficient (Wildman–Crippen LogP) is 4.57. The molecule has 1 aromatic heterocycles. The van der Waals surface area contributed by atoms with Crippen LogP contribution in [0.2, 0.25) is 5.02 Å². The van der Waals surface area contributed by atoms with E-state index < -0.39 is 35.0 Å². The van der Waals surface area contributed by atoms with Gasteiger partial charge in [0.2, 0.25) is 11.7 Å². The number of ether oxygens (including phenoxy) is 3. The van der Waals surface area contributed by atoms with Crippen LogP contribution in [0.1, 0.15) is 25.8 Å². The third-order valence-corrected chi connectivity index (χ3v) is 8.05. The second-order valence-corrected chi connectivity index (χ2v) is 12.3. The zero-order valence-corrected chi connectivity index (χ0v) is 28.1. The van der Waals surface area contributed by atoms with Crippen LogP contribution in [0.3, 0.4) is 0 Å². The van der Waals surface area contributed by atoms with Crippen molar-refractivity contribution < 1.29 is 38.1 Å². The molecule has 16 heteroatoms. The standard InChI is InChI=1S/C33H35ClFN7O7/c1-33(2,46)19-12-21(35)20(34)13-22(19)37-28-8-10-36-32(40-28)39-24-14-23(38-31(45)27-17-48-29(43)6-7-30(44)49-27)25(15-26(24)47-5)42-11-9-18(16-42)41(3)4/h6-8,10,12-15,17-18,46H,9,11,16H2,1-5H3,(H,38,45)(H2,36,37,39,40)/b7-6+,27-17-/t18-/m1/s1. The Morgan fingerprint density at radius 3 is 2.57 bits per heavy atom. The number of hydrogen-bond acceptors (Lipinski definition) is 13. The number of nitrogens with zero attached hydrogens (tertiary/aromatic N) is 4. The molecule has 2 aliphatic rings. The summed E-state index contributed by atoms with van der Waals surface area (Å²) in [6.45, 7) is 4.37. The molecule has 14 nitrogen and oxygen atoms in total. The Morgan fingerprint density at radius 2 is 1.88 bits per heavy atom. The summed E-state index contributed by atoms with van der Waals surface area (Å²) in [7, 11) is 5.48. The number of aromatic nitrogens is 2. The van der Waals surface area contributed by atoms with Gasteiger partial charge < -0.3 is 45.1 Å². The maximum atomic E-state index is 14.3. The lowest BCUT2D eigenvalue weighted by Crippen LogP contribution is -2.32. The van der Waals surface area contributed by atoms with E-state index in [0.717, 1.165) is 30.9 Å². The first-order valence-electron chi connectivity index (χ1n) is 15.1. The van der Waals surface area contributed by atoms with Crippen molar-refractivity contribution in [3.8, 4) is 5.75 Å². The van der Waals surface area contributed by atoms with Gasteiger partial charge in [0.15, 0.2) is 0 Å². The topological polar surface area (TPSA) is 167 Å². The molecular weight excluding hydrogens is 661 g/mol. The Kier molecular flexibility index (Phi) is 10.4. The number of likely N-dealkylation sites (N-methyl/N-ethyl adjacent to an activating group) is 1. The molecule has 2 aromatic carbocycles. The first kappa shape index (κ1) is 35.1. The Balaban J connectivity index is 1.48. The highest BCUT2D eigenvalue weighted by Gasteiger charge is 2.29. The molecule has 0 bridgehead atoms. The fraction of sp³-hybridized carbons (Fsp3) is 0.303. The minimum atomic E-state index is -1.40. The van der Waals surface area contributed by atoms with Gasteiger partial charge in [0.25, 0.3) is 5.91 Å². The molecule has 4 N–H and O–H groups in total. The summed E-state index contributed by atoms with van der Waals surface area (Å²) in [5.74, 6) is -3.01. The number of cyclic esters (lactones) is 2. The molecule has 0 spiro atoms. The predicted molar refractivity (Wildman–Crippen MR) is 181 cm³/mol. The number of aliphatic hydroxyl groups is 1. The maximum Gasteiger partial charge on any atom is 0.336 e. The van der Waals surface area contributed by atoms with Crippen molar-refractivity contribution in [2.75, 3.05) is 55.1 Å². The number of nitrogens with one attached hydrogen (secondary N) is 3. The van der Waals surface area contributed by atoms with Crippen LogP contribution in [0.25, 0.3) is 0 Å². The van der Waals surface area contributed by atoms with Crippen molar-refractivity contribution in [1.82, 2.24) is 14.9 Å². The lowest BCUT2D eigenvalue weighted by Gasteiger charge is -2.26. The number of amides is 1. The monoisotopic (exact) mass is 695 g/mol. The van der Waals surface area contributed by atoms with Gasteiger partial charge in [0.1, 0.15) is 23.6 Å². The van der Waals surface area contributed by atoms with Gasteiger partial charge in [-0.3, -0.25) is 4.79 Å². The fourth-order valence-corrected chi connectivity index (χ4v) is 5.38. The summed E-state index contributed by atoms with van der Waals surface area (Å²) >= 11 is 6.04. The molecule has 0 unspecified atom stereocenters. The fourth-order valence-electron chi connectivity index (χ4n) is 5.22. The van der Waals surface area contributed by atoms with Crippen molar-refractivity contribution in [3.63, 3.8) is 0 Å². The van der Waals surface area contributed by atoms with Crippen molar-refractivity contribution in [2.45, 2.75) is 31.9 Å². The van der Waals surface area contributed by atoms with Crippen molar-refractivity contribution in [1.29, 1.82) is 0 Å². The van der Waals surface area contributed by atoms with Crippen molar-refractivity contribution in [2.24, 2.45) is 0 Å². The average molecular weight is 696 g/mol. The van der Waals surface area contributed by atoms with Crippen LogP contribution in [0.5, 0.6) is 5.75 Å². The van der Waals surface area contributed by atoms with Crippen LogP contribution in [0, 0.1) is 5.82 Å². The number of methoxy groups -OCH3 is 1. The molecule has 258 valence electrons. The minimum absolute atomic E-state index is 0.121. The van der Waals surface area contributed by atoms with Crippen LogP contribution in [-0.2, 0) is 29.5 Å². The molecule has 49 heavy (non-hydrogen) atoms. The van der Waals surface area contributed by atoms with E-state index in [9.17, 15) is 23.9 Å². The van der Waals surface area contributed by atoms with Crippen LogP contribution in [0.15, 0.2) is 60.7 Å². The number of benzene rings is 2. The van der Waals surface area contributed by atoms with E-state index in [1.54, 1.807) is 18.2 Å². The Morgan fingerprint density at radius 1 is 1.12 bits per heavy atom. The molecule has 1 atom stereocenters. The Bertz CT molecular complexity index is 1840. The SMILES string of the molecule is COc1cc(N2CC[C@@H](N(C)C)C2)c(NC(=O)/C2=C/OC(=O)/C=C/C(=O)O2)cc1Nc1nccc(Nc2cc(Cl)c(F)cc2C(C)(C)O)n1. The lowest BCUT2D eigenvalue weighted by atomic mass is 9.96. The van der Waals surface area contributed by atoms with Gasteiger partial charge in [0, 0.05) is 54.8 Å². The molecule has 0 saturated carbocycles. The molecule has 0 aliphatic carbocycles. The normalized spacial score (nSPS) is 18.1. The quantitative estimate of drug-likeness (QED) is 0.218. The average Bonchev–Trinajstić information content (AvgIpc) is 3.53. The first-order valence-corrected chi connectivity index (χ1v) is 15.4. The van der Waals surface area contributed by atoms with Crippen LogP contribution < -0.4 is 25.6 Å². The van der Waals surface area contributed by atoms with E-state index in [0.29, 0.717) is 47.4 Å². The number of hydrogen-bond donors (Lipinski definition) is 4.